The number of ether oxygens (including phenoxy) is 3. The summed E-state index contributed by atoms with van der Waals surface area (Å²) in [5, 5.41) is 22.2. The summed E-state index contributed by atoms with van der Waals surface area (Å²) in [6.07, 6.45) is 18.1. The van der Waals surface area contributed by atoms with Crippen LogP contribution in [0.4, 0.5) is 0 Å². The average molecular weight is 563 g/mol. The number of unbranched alkanes of at least 4 members (excludes halogenated alkanes) is 14. The SMILES string of the molecule is CCCCCCCCCCCCCCCCCC(=O)OCC12C(C=C(C)C(=O)C1O)OC1C(O)CC2(C)C12CO2. The number of carbonyl (C=O) groups is 2. The molecule has 7 heteroatoms. The zero-order valence-electron chi connectivity index (χ0n) is 25.3. The molecule has 2 aliphatic heterocycles. The van der Waals surface area contributed by atoms with Crippen LogP contribution in [0.5, 0.6) is 0 Å². The summed E-state index contributed by atoms with van der Waals surface area (Å²) in [5.41, 5.74) is -2.29. The van der Waals surface area contributed by atoms with Gasteiger partial charge >= 0.3 is 5.97 Å². The van der Waals surface area contributed by atoms with Gasteiger partial charge in [0.1, 0.15) is 24.4 Å². The standard InChI is InChI=1S/C33H54O7/c1-4-5-6-7-8-9-10-11-12-13-14-15-16-17-18-19-27(35)38-22-32-26(20-24(2)28(36)29(32)37)40-30-25(34)21-31(32,3)33(30)23-39-33/h20,25-26,29-30,34,37H,4-19,21-23H2,1-3H3. The molecule has 40 heavy (non-hydrogen) atoms. The molecule has 2 bridgehead atoms. The number of carbonyl (C=O) groups excluding carboxylic acids is 2. The second-order valence-electron chi connectivity index (χ2n) is 13.3. The van der Waals surface area contributed by atoms with Crippen molar-refractivity contribution in [1.82, 2.24) is 0 Å². The smallest absolute Gasteiger partial charge is 0.305 e. The Bertz CT molecular complexity index is 895. The van der Waals surface area contributed by atoms with Crippen molar-refractivity contribution in [3.05, 3.63) is 11.6 Å². The van der Waals surface area contributed by atoms with Gasteiger partial charge in [-0.3, -0.25) is 9.59 Å². The van der Waals surface area contributed by atoms with Crippen LogP contribution < -0.4 is 0 Å². The molecule has 2 saturated heterocycles. The van der Waals surface area contributed by atoms with Gasteiger partial charge in [-0.2, -0.15) is 0 Å². The summed E-state index contributed by atoms with van der Waals surface area (Å²) in [6, 6.07) is 0. The molecule has 0 radical (unpaired) electrons. The predicted molar refractivity (Wildman–Crippen MR) is 154 cm³/mol. The summed E-state index contributed by atoms with van der Waals surface area (Å²) in [7, 11) is 0. The van der Waals surface area contributed by atoms with E-state index in [0.29, 0.717) is 25.0 Å². The predicted octanol–water partition coefficient (Wildman–Crippen LogP) is 5.97. The van der Waals surface area contributed by atoms with E-state index in [1.54, 1.807) is 13.0 Å². The lowest BCUT2D eigenvalue weighted by molar-refractivity contribution is -0.247. The Morgan fingerprint density at radius 1 is 0.950 bits per heavy atom. The Morgan fingerprint density at radius 3 is 2.00 bits per heavy atom. The van der Waals surface area contributed by atoms with Crippen molar-refractivity contribution < 1.29 is 34.0 Å². The first-order valence-electron chi connectivity index (χ1n) is 16.3. The molecule has 7 nitrogen and oxygen atoms in total. The molecule has 3 fully saturated rings. The third kappa shape index (κ3) is 6.09. The maximum atomic E-state index is 13.0. The van der Waals surface area contributed by atoms with Gasteiger partial charge in [0.2, 0.25) is 0 Å². The van der Waals surface area contributed by atoms with Crippen LogP contribution in [0.3, 0.4) is 0 Å². The van der Waals surface area contributed by atoms with Gasteiger partial charge in [0.15, 0.2) is 5.78 Å². The lowest BCUT2D eigenvalue weighted by atomic mass is 9.50. The molecule has 0 aromatic carbocycles. The molecule has 0 amide bonds. The summed E-state index contributed by atoms with van der Waals surface area (Å²) in [5.74, 6) is -0.695. The third-order valence-corrected chi connectivity index (χ3v) is 10.6. The molecule has 7 atom stereocenters. The fraction of sp³-hybridized carbons (Fsp3) is 0.879. The summed E-state index contributed by atoms with van der Waals surface area (Å²) in [4.78, 5) is 25.7. The topological polar surface area (TPSA) is 106 Å². The number of fused-ring (bicyclic) bond motifs is 2. The van der Waals surface area contributed by atoms with Gasteiger partial charge in [-0.15, -0.1) is 0 Å². The molecule has 2 N–H and O–H groups in total. The largest absolute Gasteiger partial charge is 0.465 e. The number of aliphatic hydroxyl groups excluding tert-OH is 2. The second-order valence-corrected chi connectivity index (χ2v) is 13.3. The first-order chi connectivity index (χ1) is 19.2. The summed E-state index contributed by atoms with van der Waals surface area (Å²) in [6.45, 7) is 6.15. The highest BCUT2D eigenvalue weighted by atomic mass is 16.6. The third-order valence-electron chi connectivity index (χ3n) is 10.6. The molecule has 7 unspecified atom stereocenters. The molecule has 2 heterocycles. The average Bonchev–Trinajstić information content (AvgIpc) is 3.71. The van der Waals surface area contributed by atoms with Crippen LogP contribution in [0.2, 0.25) is 0 Å². The van der Waals surface area contributed by atoms with Gasteiger partial charge in [-0.1, -0.05) is 104 Å². The van der Waals surface area contributed by atoms with E-state index in [9.17, 15) is 19.8 Å². The quantitative estimate of drug-likeness (QED) is 0.120. The van der Waals surface area contributed by atoms with E-state index in [4.69, 9.17) is 14.2 Å². The van der Waals surface area contributed by atoms with Crippen LogP contribution in [-0.2, 0) is 23.8 Å². The molecule has 228 valence electrons. The van der Waals surface area contributed by atoms with Gasteiger partial charge < -0.3 is 24.4 Å². The Balaban J connectivity index is 1.15. The number of aliphatic hydroxyl groups is 2. The van der Waals surface area contributed by atoms with Crippen molar-refractivity contribution in [2.45, 2.75) is 160 Å². The number of hydrogen-bond acceptors (Lipinski definition) is 7. The minimum absolute atomic E-state index is 0.132. The molecule has 1 saturated carbocycles. The maximum Gasteiger partial charge on any atom is 0.305 e. The van der Waals surface area contributed by atoms with Crippen molar-refractivity contribution in [2.75, 3.05) is 13.2 Å². The highest BCUT2D eigenvalue weighted by Crippen LogP contribution is 2.71. The zero-order chi connectivity index (χ0) is 28.8. The van der Waals surface area contributed by atoms with Gasteiger partial charge in [0.05, 0.1) is 24.2 Å². The van der Waals surface area contributed by atoms with E-state index in [-0.39, 0.29) is 18.4 Å². The minimum atomic E-state index is -1.39. The van der Waals surface area contributed by atoms with Crippen molar-refractivity contribution >= 4 is 11.8 Å². The fourth-order valence-electron chi connectivity index (χ4n) is 7.90. The Hall–Kier alpha value is -1.28. The summed E-state index contributed by atoms with van der Waals surface area (Å²) < 4.78 is 18.0. The Labute approximate surface area is 241 Å². The fourth-order valence-corrected chi connectivity index (χ4v) is 7.90. The number of epoxide rings is 1. The highest BCUT2D eigenvalue weighted by molar-refractivity contribution is 6.00. The number of esters is 1. The van der Waals surface area contributed by atoms with Crippen molar-refractivity contribution in [3.63, 3.8) is 0 Å². The van der Waals surface area contributed by atoms with E-state index in [1.165, 1.54) is 77.0 Å². The van der Waals surface area contributed by atoms with E-state index in [0.717, 1.165) is 19.3 Å². The first kappa shape index (κ1) is 31.7. The molecular weight excluding hydrogens is 508 g/mol. The van der Waals surface area contributed by atoms with Gasteiger partial charge in [-0.05, 0) is 31.4 Å². The van der Waals surface area contributed by atoms with Crippen LogP contribution >= 0.6 is 0 Å². The molecule has 4 aliphatic rings. The van der Waals surface area contributed by atoms with E-state index >= 15 is 0 Å². The van der Waals surface area contributed by atoms with Crippen molar-refractivity contribution in [1.29, 1.82) is 0 Å². The Morgan fingerprint density at radius 2 is 1.48 bits per heavy atom. The molecule has 2 aliphatic carbocycles. The summed E-state index contributed by atoms with van der Waals surface area (Å²) >= 11 is 0. The van der Waals surface area contributed by atoms with Crippen molar-refractivity contribution in [3.8, 4) is 0 Å². The van der Waals surface area contributed by atoms with E-state index < -0.39 is 40.8 Å². The molecule has 4 rings (SSSR count). The first-order valence-corrected chi connectivity index (χ1v) is 16.3. The van der Waals surface area contributed by atoms with E-state index in [1.807, 2.05) is 6.92 Å². The zero-order valence-corrected chi connectivity index (χ0v) is 25.3. The van der Waals surface area contributed by atoms with Gasteiger partial charge in [-0.25, -0.2) is 0 Å². The molecule has 0 aromatic rings. The van der Waals surface area contributed by atoms with Gasteiger partial charge in [0.25, 0.3) is 0 Å². The number of hydrogen-bond donors (Lipinski definition) is 2. The number of Topliss-reactive ketones (excluding diaryl/α,β-unsaturated/α-hetero) is 1. The lowest BCUT2D eigenvalue weighted by Gasteiger charge is -2.58. The molecular formula is C33H54O7. The maximum absolute atomic E-state index is 13.0. The number of ketones is 1. The molecule has 0 aromatic heterocycles. The number of rotatable bonds is 18. The van der Waals surface area contributed by atoms with Crippen LogP contribution in [0.15, 0.2) is 11.6 Å². The molecule has 1 spiro atoms. The normalized spacial score (nSPS) is 36.0. The van der Waals surface area contributed by atoms with Crippen LogP contribution in [0.25, 0.3) is 0 Å². The monoisotopic (exact) mass is 562 g/mol. The Kier molecular flexibility index (Phi) is 10.9. The lowest BCUT2D eigenvalue weighted by Crippen LogP contribution is -2.70. The minimum Gasteiger partial charge on any atom is -0.465 e. The van der Waals surface area contributed by atoms with E-state index in [2.05, 4.69) is 6.92 Å². The van der Waals surface area contributed by atoms with Crippen molar-refractivity contribution in [2.24, 2.45) is 10.8 Å². The van der Waals surface area contributed by atoms with Crippen LogP contribution in [-0.4, -0.2) is 65.2 Å². The second kappa shape index (κ2) is 13.8. The van der Waals surface area contributed by atoms with Crippen LogP contribution in [0.1, 0.15) is 130 Å². The van der Waals surface area contributed by atoms with Crippen LogP contribution in [0, 0.1) is 10.8 Å². The highest BCUT2D eigenvalue weighted by Gasteiger charge is 2.83. The van der Waals surface area contributed by atoms with Gasteiger partial charge in [0, 0.05) is 11.8 Å².